The summed E-state index contributed by atoms with van der Waals surface area (Å²) in [4.78, 5) is 7.93. The molecule has 0 aliphatic carbocycles. The molecule has 3 nitrogen and oxygen atoms in total. The van der Waals surface area contributed by atoms with Crippen LogP contribution in [-0.4, -0.2) is 9.97 Å². The van der Waals surface area contributed by atoms with Crippen LogP contribution in [0.4, 0.5) is 5.82 Å². The Morgan fingerprint density at radius 1 is 1.55 bits per heavy atom. The van der Waals surface area contributed by atoms with Gasteiger partial charge in [-0.15, -0.1) is 0 Å². The van der Waals surface area contributed by atoms with Gasteiger partial charge in [0, 0.05) is 0 Å². The van der Waals surface area contributed by atoms with E-state index in [4.69, 9.17) is 17.3 Å². The fraction of sp³-hybridized carbons (Fsp3) is 0.429. The smallest absolute Gasteiger partial charge is 0.147 e. The van der Waals surface area contributed by atoms with E-state index >= 15 is 0 Å². The van der Waals surface area contributed by atoms with E-state index < -0.39 is 0 Å². The Kier molecular flexibility index (Phi) is 2.29. The summed E-state index contributed by atoms with van der Waals surface area (Å²) in [5.41, 5.74) is 6.32. The van der Waals surface area contributed by atoms with Gasteiger partial charge in [-0.3, -0.25) is 0 Å². The van der Waals surface area contributed by atoms with Gasteiger partial charge < -0.3 is 5.73 Å². The Hall–Kier alpha value is -0.830. The first-order valence-electron chi connectivity index (χ1n) is 3.39. The van der Waals surface area contributed by atoms with Crippen molar-refractivity contribution < 1.29 is 0 Å². The summed E-state index contributed by atoms with van der Waals surface area (Å²) >= 11 is 5.63. The summed E-state index contributed by atoms with van der Waals surface area (Å²) in [5, 5.41) is 0.392. The third-order valence-electron chi connectivity index (χ3n) is 1.35. The second-order valence-corrected chi connectivity index (χ2v) is 3.01. The van der Waals surface area contributed by atoms with Gasteiger partial charge in [-0.05, 0) is 5.92 Å². The summed E-state index contributed by atoms with van der Waals surface area (Å²) in [5.74, 6) is 0.727. The number of nitrogens with two attached hydrogens (primary N) is 1. The molecule has 0 unspecified atom stereocenters. The maximum atomic E-state index is 5.63. The predicted octanol–water partition coefficient (Wildman–Crippen LogP) is 1.84. The Balaban J connectivity index is 3.13. The highest BCUT2D eigenvalue weighted by Crippen LogP contribution is 2.18. The number of hydrogen-bond acceptors (Lipinski definition) is 3. The van der Waals surface area contributed by atoms with Crippen LogP contribution in [0.1, 0.15) is 25.5 Å². The van der Waals surface area contributed by atoms with E-state index in [2.05, 4.69) is 9.97 Å². The monoisotopic (exact) mass is 171 g/mol. The summed E-state index contributed by atoms with van der Waals surface area (Å²) in [6.45, 7) is 3.99. The average Bonchev–Trinajstić information content (AvgIpc) is 1.94. The fourth-order valence-corrected chi connectivity index (χ4v) is 0.955. The molecular formula is C7H10ClN3. The lowest BCUT2D eigenvalue weighted by Gasteiger charge is -2.05. The highest BCUT2D eigenvalue weighted by atomic mass is 35.5. The van der Waals surface area contributed by atoms with Gasteiger partial charge in [-0.2, -0.15) is 0 Å². The molecular weight excluding hydrogens is 162 g/mol. The standard InChI is InChI=1S/C7H10ClN3/c1-4(2)6-7(9)10-3-5(8)11-6/h3-4H,1-2H3,(H2,9,10). The molecule has 1 aromatic rings. The Morgan fingerprint density at radius 2 is 2.18 bits per heavy atom. The number of nitrogen functional groups attached to an aromatic ring is 1. The van der Waals surface area contributed by atoms with Gasteiger partial charge in [0.2, 0.25) is 0 Å². The lowest BCUT2D eigenvalue weighted by atomic mass is 10.1. The molecule has 11 heavy (non-hydrogen) atoms. The third kappa shape index (κ3) is 1.80. The molecule has 4 heteroatoms. The van der Waals surface area contributed by atoms with Crippen molar-refractivity contribution in [1.82, 2.24) is 9.97 Å². The van der Waals surface area contributed by atoms with Crippen LogP contribution in [0.15, 0.2) is 6.20 Å². The van der Waals surface area contributed by atoms with Crippen molar-refractivity contribution in [3.05, 3.63) is 17.0 Å². The van der Waals surface area contributed by atoms with E-state index in [1.54, 1.807) is 0 Å². The van der Waals surface area contributed by atoms with E-state index in [1.807, 2.05) is 13.8 Å². The molecule has 0 aliphatic rings. The molecule has 0 spiro atoms. The van der Waals surface area contributed by atoms with Gasteiger partial charge in [0.15, 0.2) is 0 Å². The molecule has 0 aromatic carbocycles. The predicted molar refractivity (Wildman–Crippen MR) is 45.5 cm³/mol. The molecule has 1 rings (SSSR count). The van der Waals surface area contributed by atoms with E-state index in [-0.39, 0.29) is 5.92 Å². The molecule has 0 atom stereocenters. The molecule has 0 amide bonds. The molecule has 0 saturated heterocycles. The van der Waals surface area contributed by atoms with E-state index in [9.17, 15) is 0 Å². The highest BCUT2D eigenvalue weighted by Gasteiger charge is 2.06. The van der Waals surface area contributed by atoms with Gasteiger partial charge in [0.25, 0.3) is 0 Å². The Bertz CT molecular complexity index is 260. The summed E-state index contributed by atoms with van der Waals surface area (Å²) < 4.78 is 0. The number of aromatic nitrogens is 2. The zero-order chi connectivity index (χ0) is 8.43. The zero-order valence-corrected chi connectivity index (χ0v) is 7.26. The molecule has 0 aliphatic heterocycles. The van der Waals surface area contributed by atoms with E-state index in [0.717, 1.165) is 5.69 Å². The van der Waals surface area contributed by atoms with Crippen molar-refractivity contribution in [1.29, 1.82) is 0 Å². The zero-order valence-electron chi connectivity index (χ0n) is 6.50. The first-order valence-corrected chi connectivity index (χ1v) is 3.77. The largest absolute Gasteiger partial charge is 0.382 e. The lowest BCUT2D eigenvalue weighted by Crippen LogP contribution is -2.02. The quantitative estimate of drug-likeness (QED) is 0.702. The Morgan fingerprint density at radius 3 is 2.64 bits per heavy atom. The van der Waals surface area contributed by atoms with Crippen LogP contribution in [0.25, 0.3) is 0 Å². The van der Waals surface area contributed by atoms with Crippen molar-refractivity contribution in [3.8, 4) is 0 Å². The van der Waals surface area contributed by atoms with E-state index in [1.165, 1.54) is 6.20 Å². The molecule has 60 valence electrons. The maximum absolute atomic E-state index is 5.63. The van der Waals surface area contributed by atoms with Crippen LogP contribution in [0.3, 0.4) is 0 Å². The highest BCUT2D eigenvalue weighted by molar-refractivity contribution is 6.29. The van der Waals surface area contributed by atoms with Crippen molar-refractivity contribution in [2.45, 2.75) is 19.8 Å². The fourth-order valence-electron chi connectivity index (χ4n) is 0.815. The van der Waals surface area contributed by atoms with Gasteiger partial charge in [-0.1, -0.05) is 25.4 Å². The van der Waals surface area contributed by atoms with Gasteiger partial charge >= 0.3 is 0 Å². The van der Waals surface area contributed by atoms with E-state index in [0.29, 0.717) is 11.0 Å². The molecule has 1 heterocycles. The lowest BCUT2D eigenvalue weighted by molar-refractivity contribution is 0.818. The minimum Gasteiger partial charge on any atom is -0.382 e. The third-order valence-corrected chi connectivity index (χ3v) is 1.53. The number of halogens is 1. The minimum atomic E-state index is 0.265. The van der Waals surface area contributed by atoms with Crippen molar-refractivity contribution in [3.63, 3.8) is 0 Å². The summed E-state index contributed by atoms with van der Waals surface area (Å²) in [7, 11) is 0. The van der Waals surface area contributed by atoms with Gasteiger partial charge in [0.05, 0.1) is 11.9 Å². The SMILES string of the molecule is CC(C)c1nc(Cl)cnc1N. The normalized spacial score (nSPS) is 10.5. The van der Waals surface area contributed by atoms with Crippen molar-refractivity contribution in [2.24, 2.45) is 0 Å². The molecule has 0 fully saturated rings. The van der Waals surface area contributed by atoms with Gasteiger partial charge in [0.1, 0.15) is 11.0 Å². The topological polar surface area (TPSA) is 51.8 Å². The molecule has 0 bridgehead atoms. The van der Waals surface area contributed by atoms with Crippen molar-refractivity contribution >= 4 is 17.4 Å². The van der Waals surface area contributed by atoms with Crippen LogP contribution in [-0.2, 0) is 0 Å². The van der Waals surface area contributed by atoms with Crippen LogP contribution < -0.4 is 5.73 Å². The number of nitrogens with zero attached hydrogens (tertiary/aromatic N) is 2. The molecule has 2 N–H and O–H groups in total. The summed E-state index contributed by atoms with van der Waals surface area (Å²) in [6, 6.07) is 0. The molecule has 1 aromatic heterocycles. The Labute approximate surface area is 70.6 Å². The van der Waals surface area contributed by atoms with Gasteiger partial charge in [-0.25, -0.2) is 9.97 Å². The maximum Gasteiger partial charge on any atom is 0.147 e. The second-order valence-electron chi connectivity index (χ2n) is 2.62. The first kappa shape index (κ1) is 8.27. The minimum absolute atomic E-state index is 0.265. The summed E-state index contributed by atoms with van der Waals surface area (Å²) in [6.07, 6.45) is 1.45. The number of rotatable bonds is 1. The van der Waals surface area contributed by atoms with Crippen LogP contribution in [0.2, 0.25) is 5.15 Å². The number of hydrogen-bond donors (Lipinski definition) is 1. The first-order chi connectivity index (χ1) is 5.11. The molecule has 0 saturated carbocycles. The van der Waals surface area contributed by atoms with Crippen molar-refractivity contribution in [2.75, 3.05) is 5.73 Å². The van der Waals surface area contributed by atoms with Crippen LogP contribution in [0, 0.1) is 0 Å². The second kappa shape index (κ2) is 3.05. The average molecular weight is 172 g/mol. The number of anilines is 1. The van der Waals surface area contributed by atoms with Crippen LogP contribution in [0.5, 0.6) is 0 Å². The molecule has 0 radical (unpaired) electrons. The van der Waals surface area contributed by atoms with Crippen LogP contribution >= 0.6 is 11.6 Å².